The molecule has 1 aromatic carbocycles. The van der Waals surface area contributed by atoms with Crippen molar-refractivity contribution in [1.29, 1.82) is 0 Å². The molecule has 0 saturated carbocycles. The molecule has 1 nitrogen and oxygen atoms in total. The molecular formula is C23H39O. The highest BCUT2D eigenvalue weighted by Crippen LogP contribution is 2.17. The van der Waals surface area contributed by atoms with Crippen LogP contribution in [0.4, 0.5) is 0 Å². The first-order valence-corrected chi connectivity index (χ1v) is 10.4. The quantitative estimate of drug-likeness (QED) is 0.280. The van der Waals surface area contributed by atoms with Crippen molar-refractivity contribution < 1.29 is 4.74 Å². The highest BCUT2D eigenvalue weighted by Gasteiger charge is 1.98. The van der Waals surface area contributed by atoms with Gasteiger partial charge in [0.15, 0.2) is 0 Å². The van der Waals surface area contributed by atoms with Crippen LogP contribution in [0.1, 0.15) is 103 Å². The van der Waals surface area contributed by atoms with E-state index in [9.17, 15) is 0 Å². The molecule has 0 aliphatic heterocycles. The zero-order chi connectivity index (χ0) is 17.3. The predicted octanol–water partition coefficient (Wildman–Crippen LogP) is 7.88. The Kier molecular flexibility index (Phi) is 13.6. The van der Waals surface area contributed by atoms with E-state index >= 15 is 0 Å². The van der Waals surface area contributed by atoms with Crippen LogP contribution >= 0.6 is 0 Å². The average molecular weight is 332 g/mol. The lowest BCUT2D eigenvalue weighted by atomic mass is 10.0. The SMILES string of the molecule is C[CH]Oc1cccc(CCCCCCCCCCCCCCC)c1. The monoisotopic (exact) mass is 331 g/mol. The van der Waals surface area contributed by atoms with Gasteiger partial charge in [-0.1, -0.05) is 96.1 Å². The van der Waals surface area contributed by atoms with Gasteiger partial charge in [0.1, 0.15) is 12.4 Å². The van der Waals surface area contributed by atoms with E-state index < -0.39 is 0 Å². The molecule has 1 radical (unpaired) electrons. The summed E-state index contributed by atoms with van der Waals surface area (Å²) in [5.41, 5.74) is 1.40. The second-order valence-electron chi connectivity index (χ2n) is 6.99. The molecule has 0 aromatic heterocycles. The Morgan fingerprint density at radius 3 is 1.83 bits per heavy atom. The van der Waals surface area contributed by atoms with Gasteiger partial charge in [-0.2, -0.15) is 0 Å². The van der Waals surface area contributed by atoms with Gasteiger partial charge in [0.25, 0.3) is 0 Å². The van der Waals surface area contributed by atoms with Gasteiger partial charge in [0.2, 0.25) is 0 Å². The van der Waals surface area contributed by atoms with Gasteiger partial charge in [-0.05, 0) is 37.5 Å². The number of rotatable bonds is 16. The molecular weight excluding hydrogens is 292 g/mol. The van der Waals surface area contributed by atoms with Crippen molar-refractivity contribution in [3.63, 3.8) is 0 Å². The Balaban J connectivity index is 1.88. The van der Waals surface area contributed by atoms with Crippen molar-refractivity contribution in [2.45, 2.75) is 104 Å². The average Bonchev–Trinajstić information content (AvgIpc) is 2.60. The lowest BCUT2D eigenvalue weighted by Gasteiger charge is -2.06. The predicted molar refractivity (Wildman–Crippen MR) is 106 cm³/mol. The fourth-order valence-corrected chi connectivity index (χ4v) is 3.26. The normalized spacial score (nSPS) is 10.9. The first kappa shape index (κ1) is 21.1. The maximum absolute atomic E-state index is 5.44. The number of benzene rings is 1. The topological polar surface area (TPSA) is 9.23 Å². The van der Waals surface area contributed by atoms with Gasteiger partial charge < -0.3 is 4.74 Å². The summed E-state index contributed by atoms with van der Waals surface area (Å²) < 4.78 is 5.44. The molecule has 0 amide bonds. The molecule has 1 aromatic rings. The molecule has 0 heterocycles. The summed E-state index contributed by atoms with van der Waals surface area (Å²) in [6.45, 7) is 5.94. The van der Waals surface area contributed by atoms with Crippen LogP contribution in [0.2, 0.25) is 0 Å². The Morgan fingerprint density at radius 1 is 0.750 bits per heavy atom. The molecule has 24 heavy (non-hydrogen) atoms. The third kappa shape index (κ3) is 11.5. The Bertz CT molecular complexity index is 385. The van der Waals surface area contributed by atoms with Crippen LogP contribution in [0.3, 0.4) is 0 Å². The minimum atomic E-state index is 0.963. The summed E-state index contributed by atoms with van der Waals surface area (Å²) in [4.78, 5) is 0. The number of ether oxygens (including phenoxy) is 1. The van der Waals surface area contributed by atoms with Gasteiger partial charge in [-0.25, -0.2) is 0 Å². The zero-order valence-corrected chi connectivity index (χ0v) is 16.2. The van der Waals surface area contributed by atoms with Crippen LogP contribution in [0.15, 0.2) is 24.3 Å². The summed E-state index contributed by atoms with van der Waals surface area (Å²) in [6, 6.07) is 8.49. The van der Waals surface area contributed by atoms with E-state index in [0.29, 0.717) is 0 Å². The van der Waals surface area contributed by atoms with Crippen LogP contribution in [0.5, 0.6) is 5.75 Å². The van der Waals surface area contributed by atoms with Gasteiger partial charge >= 0.3 is 0 Å². The number of hydrogen-bond acceptors (Lipinski definition) is 1. The molecule has 0 aliphatic carbocycles. The summed E-state index contributed by atoms with van der Waals surface area (Å²) in [5, 5.41) is 0. The highest BCUT2D eigenvalue weighted by molar-refractivity contribution is 5.28. The minimum absolute atomic E-state index is 0.963. The van der Waals surface area contributed by atoms with Gasteiger partial charge in [-0.15, -0.1) is 0 Å². The molecule has 0 N–H and O–H groups in total. The molecule has 137 valence electrons. The van der Waals surface area contributed by atoms with Crippen molar-refractivity contribution in [3.8, 4) is 5.75 Å². The maximum atomic E-state index is 5.44. The molecule has 0 fully saturated rings. The second-order valence-corrected chi connectivity index (χ2v) is 6.99. The van der Waals surface area contributed by atoms with E-state index in [1.165, 1.54) is 95.5 Å². The Hall–Kier alpha value is -0.980. The largest absolute Gasteiger partial charge is 0.487 e. The van der Waals surface area contributed by atoms with E-state index in [1.54, 1.807) is 6.61 Å². The molecule has 0 bridgehead atoms. The first-order valence-electron chi connectivity index (χ1n) is 10.4. The molecule has 1 rings (SSSR count). The Morgan fingerprint density at radius 2 is 1.29 bits per heavy atom. The minimum Gasteiger partial charge on any atom is -0.487 e. The zero-order valence-electron chi connectivity index (χ0n) is 16.2. The van der Waals surface area contributed by atoms with Crippen molar-refractivity contribution in [1.82, 2.24) is 0 Å². The van der Waals surface area contributed by atoms with E-state index in [-0.39, 0.29) is 0 Å². The number of hydrogen-bond donors (Lipinski definition) is 0. The van der Waals surface area contributed by atoms with E-state index in [4.69, 9.17) is 4.74 Å². The van der Waals surface area contributed by atoms with Crippen molar-refractivity contribution in [2.24, 2.45) is 0 Å². The van der Waals surface area contributed by atoms with Crippen LogP contribution in [0, 0.1) is 6.61 Å². The molecule has 0 aliphatic rings. The van der Waals surface area contributed by atoms with E-state index in [1.807, 2.05) is 13.0 Å². The third-order valence-electron chi connectivity index (χ3n) is 4.72. The standard InChI is InChI=1S/C23H39O/c1-3-5-6-7-8-9-10-11-12-13-14-15-16-18-22-19-17-20-23(21-22)24-4-2/h4,17,19-21H,3,5-16,18H2,1-2H3. The van der Waals surface area contributed by atoms with Crippen LogP contribution in [-0.4, -0.2) is 0 Å². The van der Waals surface area contributed by atoms with E-state index in [0.717, 1.165) is 5.75 Å². The Labute approximate surface area is 151 Å². The summed E-state index contributed by atoms with van der Waals surface area (Å²) in [5.74, 6) is 0.963. The van der Waals surface area contributed by atoms with E-state index in [2.05, 4.69) is 25.1 Å². The van der Waals surface area contributed by atoms with Crippen LogP contribution < -0.4 is 4.74 Å². The van der Waals surface area contributed by atoms with Crippen molar-refractivity contribution in [3.05, 3.63) is 36.4 Å². The summed E-state index contributed by atoms with van der Waals surface area (Å²) in [6.07, 6.45) is 19.6. The van der Waals surface area contributed by atoms with Gasteiger partial charge in [-0.3, -0.25) is 0 Å². The number of aryl methyl sites for hydroxylation is 1. The summed E-state index contributed by atoms with van der Waals surface area (Å²) in [7, 11) is 0. The fourth-order valence-electron chi connectivity index (χ4n) is 3.26. The third-order valence-corrected chi connectivity index (χ3v) is 4.72. The molecule has 0 unspecified atom stereocenters. The van der Waals surface area contributed by atoms with Gasteiger partial charge in [0.05, 0.1) is 0 Å². The fraction of sp³-hybridized carbons (Fsp3) is 0.696. The molecule has 0 saturated heterocycles. The van der Waals surface area contributed by atoms with Crippen molar-refractivity contribution >= 4 is 0 Å². The first-order chi connectivity index (χ1) is 11.9. The molecule has 1 heteroatoms. The summed E-state index contributed by atoms with van der Waals surface area (Å²) >= 11 is 0. The highest BCUT2D eigenvalue weighted by atomic mass is 16.5. The lowest BCUT2D eigenvalue weighted by Crippen LogP contribution is -1.90. The maximum Gasteiger partial charge on any atom is 0.132 e. The number of unbranched alkanes of at least 4 members (excludes halogenated alkanes) is 12. The second kappa shape index (κ2) is 15.5. The lowest BCUT2D eigenvalue weighted by molar-refractivity contribution is 0.416. The molecule has 0 spiro atoms. The van der Waals surface area contributed by atoms with Crippen LogP contribution in [-0.2, 0) is 6.42 Å². The smallest absolute Gasteiger partial charge is 0.132 e. The van der Waals surface area contributed by atoms with Gasteiger partial charge in [0, 0.05) is 0 Å². The molecule has 0 atom stereocenters. The van der Waals surface area contributed by atoms with Crippen LogP contribution in [0.25, 0.3) is 0 Å². The van der Waals surface area contributed by atoms with Crippen molar-refractivity contribution in [2.75, 3.05) is 0 Å².